The summed E-state index contributed by atoms with van der Waals surface area (Å²) in [6, 6.07) is 1.88. The van der Waals surface area contributed by atoms with E-state index in [9.17, 15) is 0 Å². The molecule has 1 aromatic heterocycles. The van der Waals surface area contributed by atoms with E-state index in [4.69, 9.17) is 10.8 Å². The molecule has 0 fully saturated rings. The van der Waals surface area contributed by atoms with Crippen LogP contribution in [0, 0.1) is 0 Å². The Kier molecular flexibility index (Phi) is 4.64. The molecule has 0 aromatic carbocycles. The molecule has 1 atom stereocenters. The monoisotopic (exact) mass is 179 g/mol. The average molecular weight is 180 g/mol. The van der Waals surface area contributed by atoms with Crippen molar-refractivity contribution in [1.82, 2.24) is 0 Å². The zero-order valence-electron chi connectivity index (χ0n) is 5.36. The van der Waals surface area contributed by atoms with Crippen molar-refractivity contribution >= 4 is 23.7 Å². The smallest absolute Gasteiger partial charge is 0.0920 e. The molecule has 0 aliphatic carbocycles. The molecule has 0 bridgehead atoms. The second-order valence-corrected chi connectivity index (χ2v) is 2.59. The molecule has 1 unspecified atom stereocenters. The minimum absolute atomic E-state index is 0. The first kappa shape index (κ1) is 9.91. The van der Waals surface area contributed by atoms with Crippen LogP contribution in [-0.2, 0) is 0 Å². The van der Waals surface area contributed by atoms with Crippen molar-refractivity contribution < 1.29 is 5.11 Å². The summed E-state index contributed by atoms with van der Waals surface area (Å²) in [6.45, 7) is 0.302. The van der Waals surface area contributed by atoms with Gasteiger partial charge < -0.3 is 10.8 Å². The second-order valence-electron chi connectivity index (χ2n) is 1.81. The largest absolute Gasteiger partial charge is 0.387 e. The summed E-state index contributed by atoms with van der Waals surface area (Å²) in [4.78, 5) is 0. The zero-order valence-corrected chi connectivity index (χ0v) is 6.99. The zero-order chi connectivity index (χ0) is 6.69. The first-order valence-corrected chi connectivity index (χ1v) is 3.69. The molecule has 0 saturated carbocycles. The van der Waals surface area contributed by atoms with Crippen LogP contribution < -0.4 is 5.73 Å². The minimum atomic E-state index is -0.476. The van der Waals surface area contributed by atoms with E-state index in [0.717, 1.165) is 5.56 Å². The molecule has 0 aliphatic heterocycles. The van der Waals surface area contributed by atoms with Crippen molar-refractivity contribution in [2.45, 2.75) is 6.10 Å². The highest BCUT2D eigenvalue weighted by atomic mass is 35.5. The highest BCUT2D eigenvalue weighted by molar-refractivity contribution is 7.07. The van der Waals surface area contributed by atoms with Gasteiger partial charge in [0.05, 0.1) is 6.10 Å². The summed E-state index contributed by atoms with van der Waals surface area (Å²) >= 11 is 1.57. The number of nitrogens with two attached hydrogens (primary N) is 1. The maximum Gasteiger partial charge on any atom is 0.0920 e. The van der Waals surface area contributed by atoms with Crippen LogP contribution in [0.1, 0.15) is 11.7 Å². The van der Waals surface area contributed by atoms with E-state index in [1.807, 2.05) is 16.8 Å². The lowest BCUT2D eigenvalue weighted by atomic mass is 10.2. The third kappa shape index (κ3) is 2.27. The Balaban J connectivity index is 0.000000810. The summed E-state index contributed by atoms with van der Waals surface area (Å²) < 4.78 is 0. The quantitative estimate of drug-likeness (QED) is 0.716. The van der Waals surface area contributed by atoms with Gasteiger partial charge in [0.25, 0.3) is 0 Å². The molecular weight excluding hydrogens is 170 g/mol. The van der Waals surface area contributed by atoms with Gasteiger partial charge >= 0.3 is 0 Å². The van der Waals surface area contributed by atoms with E-state index in [-0.39, 0.29) is 12.4 Å². The molecule has 0 radical (unpaired) electrons. The fraction of sp³-hybridized carbons (Fsp3) is 0.333. The highest BCUT2D eigenvalue weighted by Gasteiger charge is 2.02. The van der Waals surface area contributed by atoms with Gasteiger partial charge in [-0.25, -0.2) is 0 Å². The molecule has 4 heteroatoms. The van der Waals surface area contributed by atoms with Gasteiger partial charge in [-0.05, 0) is 22.4 Å². The van der Waals surface area contributed by atoms with Gasteiger partial charge in [0.2, 0.25) is 0 Å². The number of thiophene rings is 1. The van der Waals surface area contributed by atoms with Crippen molar-refractivity contribution in [2.75, 3.05) is 6.54 Å². The Bertz CT molecular complexity index is 166. The van der Waals surface area contributed by atoms with Crippen LogP contribution in [0.2, 0.25) is 0 Å². The highest BCUT2D eigenvalue weighted by Crippen LogP contribution is 2.13. The third-order valence-corrected chi connectivity index (χ3v) is 1.85. The van der Waals surface area contributed by atoms with Crippen LogP contribution in [0.15, 0.2) is 16.8 Å². The summed E-state index contributed by atoms with van der Waals surface area (Å²) in [5.74, 6) is 0. The van der Waals surface area contributed by atoms with Crippen LogP contribution in [0.3, 0.4) is 0 Å². The molecule has 1 heterocycles. The molecule has 10 heavy (non-hydrogen) atoms. The Morgan fingerprint density at radius 2 is 2.40 bits per heavy atom. The first-order valence-electron chi connectivity index (χ1n) is 2.75. The van der Waals surface area contributed by atoms with E-state index in [1.54, 1.807) is 11.3 Å². The molecule has 2 nitrogen and oxygen atoms in total. The Morgan fingerprint density at radius 1 is 1.70 bits per heavy atom. The number of aliphatic hydroxyl groups is 1. The van der Waals surface area contributed by atoms with Gasteiger partial charge in [-0.15, -0.1) is 12.4 Å². The van der Waals surface area contributed by atoms with Crippen LogP contribution in [0.4, 0.5) is 0 Å². The first-order chi connectivity index (χ1) is 4.34. The van der Waals surface area contributed by atoms with Crippen LogP contribution in [-0.4, -0.2) is 11.7 Å². The molecule has 0 saturated heterocycles. The number of aliphatic hydroxyl groups excluding tert-OH is 1. The van der Waals surface area contributed by atoms with E-state index < -0.39 is 6.10 Å². The van der Waals surface area contributed by atoms with E-state index in [0.29, 0.717) is 6.54 Å². The fourth-order valence-corrected chi connectivity index (χ4v) is 1.31. The summed E-state index contributed by atoms with van der Waals surface area (Å²) in [5.41, 5.74) is 6.14. The topological polar surface area (TPSA) is 46.2 Å². The van der Waals surface area contributed by atoms with Crippen LogP contribution >= 0.6 is 23.7 Å². The van der Waals surface area contributed by atoms with Gasteiger partial charge in [-0.3, -0.25) is 0 Å². The van der Waals surface area contributed by atoms with Gasteiger partial charge in [0.15, 0.2) is 0 Å². The molecular formula is C6H10ClNOS. The Hall–Kier alpha value is -0.0900. The Labute approximate surface area is 70.1 Å². The average Bonchev–Trinajstić information content (AvgIpc) is 2.37. The summed E-state index contributed by atoms with van der Waals surface area (Å²) in [5, 5.41) is 12.9. The lowest BCUT2D eigenvalue weighted by molar-refractivity contribution is 0.187. The van der Waals surface area contributed by atoms with Crippen LogP contribution in [0.5, 0.6) is 0 Å². The maximum atomic E-state index is 9.10. The van der Waals surface area contributed by atoms with Crippen LogP contribution in [0.25, 0.3) is 0 Å². The van der Waals surface area contributed by atoms with Gasteiger partial charge in [0.1, 0.15) is 0 Å². The number of rotatable bonds is 2. The predicted octanol–water partition coefficient (Wildman–Crippen LogP) is 1.16. The third-order valence-electron chi connectivity index (χ3n) is 1.15. The lowest BCUT2D eigenvalue weighted by Crippen LogP contribution is -2.10. The van der Waals surface area contributed by atoms with Gasteiger partial charge in [0, 0.05) is 6.54 Å². The molecule has 1 aromatic rings. The van der Waals surface area contributed by atoms with Crippen molar-refractivity contribution in [3.05, 3.63) is 22.4 Å². The van der Waals surface area contributed by atoms with Crippen molar-refractivity contribution in [1.29, 1.82) is 0 Å². The molecule has 58 valence electrons. The number of hydrogen-bond acceptors (Lipinski definition) is 3. The SMILES string of the molecule is Cl.NCC(O)c1ccsc1. The molecule has 0 spiro atoms. The van der Waals surface area contributed by atoms with Gasteiger partial charge in [-0.2, -0.15) is 11.3 Å². The van der Waals surface area contributed by atoms with E-state index >= 15 is 0 Å². The minimum Gasteiger partial charge on any atom is -0.387 e. The van der Waals surface area contributed by atoms with E-state index in [1.165, 1.54) is 0 Å². The fourth-order valence-electron chi connectivity index (χ4n) is 0.601. The molecule has 0 amide bonds. The van der Waals surface area contributed by atoms with E-state index in [2.05, 4.69) is 0 Å². The molecule has 0 aliphatic rings. The molecule has 1 rings (SSSR count). The maximum absolute atomic E-state index is 9.10. The van der Waals surface area contributed by atoms with Crippen molar-refractivity contribution in [2.24, 2.45) is 5.73 Å². The summed E-state index contributed by atoms with van der Waals surface area (Å²) in [7, 11) is 0. The summed E-state index contributed by atoms with van der Waals surface area (Å²) in [6.07, 6.45) is -0.476. The number of hydrogen-bond donors (Lipinski definition) is 2. The normalized spacial score (nSPS) is 12.2. The Morgan fingerprint density at radius 3 is 2.80 bits per heavy atom. The molecule has 3 N–H and O–H groups in total. The van der Waals surface area contributed by atoms with Crippen molar-refractivity contribution in [3.8, 4) is 0 Å². The van der Waals surface area contributed by atoms with Crippen molar-refractivity contribution in [3.63, 3.8) is 0 Å². The lowest BCUT2D eigenvalue weighted by Gasteiger charge is -2.01. The standard InChI is InChI=1S/C6H9NOS.ClH/c7-3-6(8)5-1-2-9-4-5;/h1-2,4,6,8H,3,7H2;1H. The van der Waals surface area contributed by atoms with Gasteiger partial charge in [-0.1, -0.05) is 0 Å². The predicted molar refractivity (Wildman–Crippen MR) is 45.6 cm³/mol. The number of halogens is 1. The second kappa shape index (κ2) is 4.68.